The van der Waals surface area contributed by atoms with Gasteiger partial charge in [-0.3, -0.25) is 14.5 Å². The minimum atomic E-state index is -0.769. The summed E-state index contributed by atoms with van der Waals surface area (Å²) in [7, 11) is 1.88. The molecule has 6 heteroatoms. The molecule has 1 aliphatic rings. The number of aliphatic imine (C=N–C) groups is 1. The molecule has 172 valence electrons. The first-order valence-corrected chi connectivity index (χ1v) is 11.0. The maximum Gasteiger partial charge on any atom is 0.314 e. The van der Waals surface area contributed by atoms with Crippen LogP contribution in [0.4, 0.5) is 0 Å². The molecular weight excluding hydrogens is 402 g/mol. The first-order valence-electron chi connectivity index (χ1n) is 11.0. The molecule has 32 heavy (non-hydrogen) atoms. The van der Waals surface area contributed by atoms with Gasteiger partial charge in [-0.15, -0.1) is 0 Å². The zero-order chi connectivity index (χ0) is 23.8. The molecule has 1 aliphatic heterocycles. The summed E-state index contributed by atoms with van der Waals surface area (Å²) in [6.07, 6.45) is 1.13. The van der Waals surface area contributed by atoms with Crippen molar-refractivity contribution in [1.82, 2.24) is 9.78 Å². The summed E-state index contributed by atoms with van der Waals surface area (Å²) in [4.78, 5) is 16.9. The summed E-state index contributed by atoms with van der Waals surface area (Å²) in [5.74, 6) is 0.303. The average molecular weight is 438 g/mol. The smallest absolute Gasteiger partial charge is 0.314 e. The van der Waals surface area contributed by atoms with Crippen molar-refractivity contribution in [2.45, 2.75) is 73.1 Å². The fraction of sp³-hybridized carbons (Fsp3) is 0.500. The van der Waals surface area contributed by atoms with Gasteiger partial charge < -0.3 is 9.47 Å². The Kier molecular flexibility index (Phi) is 6.36. The lowest BCUT2D eigenvalue weighted by Gasteiger charge is -2.24. The van der Waals surface area contributed by atoms with E-state index in [1.54, 1.807) is 11.6 Å². The minimum absolute atomic E-state index is 0.0621. The second-order valence-electron chi connectivity index (χ2n) is 10.4. The van der Waals surface area contributed by atoms with Gasteiger partial charge in [0.15, 0.2) is 5.76 Å². The number of nitrogens with zero attached hydrogens (tertiary/aromatic N) is 3. The highest BCUT2D eigenvalue weighted by molar-refractivity contribution is 6.03. The van der Waals surface area contributed by atoms with Crippen LogP contribution in [0.2, 0.25) is 0 Å². The van der Waals surface area contributed by atoms with Gasteiger partial charge in [0.1, 0.15) is 11.7 Å². The molecular formula is C26H35N3O3. The van der Waals surface area contributed by atoms with E-state index in [1.807, 2.05) is 47.0 Å². The molecule has 6 nitrogen and oxygen atoms in total. The van der Waals surface area contributed by atoms with Crippen molar-refractivity contribution < 1.29 is 14.3 Å². The number of ether oxygens (including phenoxy) is 2. The number of carbonyl (C=O) groups excluding carboxylic acids is 1. The predicted octanol–water partition coefficient (Wildman–Crippen LogP) is 5.30. The first kappa shape index (κ1) is 23.8. The lowest BCUT2D eigenvalue weighted by molar-refractivity contribution is -0.173. The van der Waals surface area contributed by atoms with Gasteiger partial charge in [0.25, 0.3) is 0 Å². The van der Waals surface area contributed by atoms with Crippen molar-refractivity contribution in [2.24, 2.45) is 17.5 Å². The Bertz CT molecular complexity index is 1040. The summed E-state index contributed by atoms with van der Waals surface area (Å²) in [6, 6.07) is 10.4. The van der Waals surface area contributed by atoms with Crippen LogP contribution in [-0.2, 0) is 26.7 Å². The number of esters is 1. The minimum Gasteiger partial charge on any atom is -0.452 e. The molecule has 1 aromatic carbocycles. The van der Waals surface area contributed by atoms with Gasteiger partial charge in [0.2, 0.25) is 6.29 Å². The van der Waals surface area contributed by atoms with Gasteiger partial charge in [0.05, 0.1) is 11.1 Å². The van der Waals surface area contributed by atoms with Gasteiger partial charge >= 0.3 is 5.97 Å². The third-order valence-corrected chi connectivity index (χ3v) is 5.30. The van der Waals surface area contributed by atoms with E-state index in [0.29, 0.717) is 5.76 Å². The third kappa shape index (κ3) is 5.47. The molecule has 2 heterocycles. The lowest BCUT2D eigenvalue weighted by atomic mass is 9.86. The number of rotatable bonds is 6. The Morgan fingerprint density at radius 3 is 2.09 bits per heavy atom. The number of benzene rings is 1. The fourth-order valence-electron chi connectivity index (χ4n) is 3.38. The monoisotopic (exact) mass is 437 g/mol. The molecule has 2 aromatic rings. The summed E-state index contributed by atoms with van der Waals surface area (Å²) in [6.45, 7) is 15.7. The van der Waals surface area contributed by atoms with Crippen LogP contribution in [0.1, 0.15) is 71.0 Å². The molecule has 0 N–H and O–H groups in total. The number of hydrogen-bond donors (Lipinski definition) is 0. The summed E-state index contributed by atoms with van der Waals surface area (Å²) in [5.41, 5.74) is 4.34. The van der Waals surface area contributed by atoms with Crippen molar-refractivity contribution in [3.63, 3.8) is 0 Å². The maximum atomic E-state index is 12.4. The van der Waals surface area contributed by atoms with Gasteiger partial charge in [0, 0.05) is 25.8 Å². The van der Waals surface area contributed by atoms with E-state index in [0.717, 1.165) is 22.5 Å². The van der Waals surface area contributed by atoms with Crippen LogP contribution in [0.25, 0.3) is 11.3 Å². The molecule has 0 bridgehead atoms. The van der Waals surface area contributed by atoms with E-state index in [-0.39, 0.29) is 17.4 Å². The molecule has 2 atom stereocenters. The quantitative estimate of drug-likeness (QED) is 0.349. The highest BCUT2D eigenvalue weighted by Crippen LogP contribution is 2.36. The van der Waals surface area contributed by atoms with E-state index in [4.69, 9.17) is 9.47 Å². The second-order valence-corrected chi connectivity index (χ2v) is 10.4. The van der Waals surface area contributed by atoms with Crippen LogP contribution in [0.5, 0.6) is 0 Å². The molecule has 3 rings (SSSR count). The topological polar surface area (TPSA) is 65.7 Å². The lowest BCUT2D eigenvalue weighted by Crippen LogP contribution is -2.28. The fourth-order valence-corrected chi connectivity index (χ4v) is 3.38. The van der Waals surface area contributed by atoms with E-state index in [9.17, 15) is 4.79 Å². The molecule has 0 amide bonds. The Hall–Kier alpha value is -2.89. The van der Waals surface area contributed by atoms with E-state index in [2.05, 4.69) is 55.1 Å². The number of aromatic nitrogens is 2. The van der Waals surface area contributed by atoms with Gasteiger partial charge in [-0.25, -0.2) is 0 Å². The number of hydrogen-bond acceptors (Lipinski definition) is 5. The molecule has 0 spiro atoms. The molecule has 0 saturated heterocycles. The van der Waals surface area contributed by atoms with Crippen molar-refractivity contribution in [2.75, 3.05) is 0 Å². The average Bonchev–Trinajstić information content (AvgIpc) is 3.43. The number of carbonyl (C=O) groups is 1. The van der Waals surface area contributed by atoms with Crippen LogP contribution in [0.3, 0.4) is 0 Å². The van der Waals surface area contributed by atoms with E-state index < -0.39 is 11.7 Å². The molecule has 0 radical (unpaired) electrons. The van der Waals surface area contributed by atoms with Crippen molar-refractivity contribution >= 4 is 23.5 Å². The highest BCUT2D eigenvalue weighted by atomic mass is 16.7. The van der Waals surface area contributed by atoms with Crippen molar-refractivity contribution in [3.05, 3.63) is 52.8 Å². The Balaban J connectivity index is 2.06. The molecule has 0 fully saturated rings. The van der Waals surface area contributed by atoms with Gasteiger partial charge in [-0.1, -0.05) is 45.0 Å². The summed E-state index contributed by atoms with van der Waals surface area (Å²) >= 11 is 0. The highest BCUT2D eigenvalue weighted by Gasteiger charge is 2.31. The van der Waals surface area contributed by atoms with Gasteiger partial charge in [-0.2, -0.15) is 5.10 Å². The SMILES string of the molecule is Cc1cc(/C(OC(C)OC(=O)C(C)(C)C)=C(/c2ccc(C(C)(C)C)cc2)C2C=N2)n(C)n1. The zero-order valence-corrected chi connectivity index (χ0v) is 20.7. The van der Waals surface area contributed by atoms with E-state index >= 15 is 0 Å². The summed E-state index contributed by atoms with van der Waals surface area (Å²) in [5, 5.41) is 4.50. The van der Waals surface area contributed by atoms with Crippen LogP contribution < -0.4 is 0 Å². The van der Waals surface area contributed by atoms with Crippen molar-refractivity contribution in [1.29, 1.82) is 0 Å². The van der Waals surface area contributed by atoms with Gasteiger partial charge in [-0.05, 0) is 50.3 Å². The normalized spacial score (nSPS) is 17.6. The maximum absolute atomic E-state index is 12.4. The molecule has 1 aromatic heterocycles. The number of aryl methyl sites for hydroxylation is 2. The second kappa shape index (κ2) is 8.57. The Labute approximate surface area is 191 Å². The molecule has 0 saturated carbocycles. The Morgan fingerprint density at radius 1 is 1.06 bits per heavy atom. The van der Waals surface area contributed by atoms with E-state index in [1.165, 1.54) is 5.56 Å². The van der Waals surface area contributed by atoms with Crippen LogP contribution in [-0.4, -0.2) is 34.3 Å². The standard InChI is InChI=1S/C26H35N3O3/c1-16-14-21(29(9)28-16)23(31-17(2)32-24(30)26(6,7)8)22(20-15-27-20)18-10-12-19(13-11-18)25(3,4)5/h10-15,17,20H,1-9H3/b23-22+. The largest absolute Gasteiger partial charge is 0.452 e. The van der Waals surface area contributed by atoms with Crippen LogP contribution in [0.15, 0.2) is 35.3 Å². The first-order chi connectivity index (χ1) is 14.8. The molecule has 0 aliphatic carbocycles. The third-order valence-electron chi connectivity index (χ3n) is 5.30. The predicted molar refractivity (Wildman–Crippen MR) is 128 cm³/mol. The molecule has 2 unspecified atom stereocenters. The zero-order valence-electron chi connectivity index (χ0n) is 20.7. The van der Waals surface area contributed by atoms with Crippen molar-refractivity contribution in [3.8, 4) is 0 Å². The summed E-state index contributed by atoms with van der Waals surface area (Å²) < 4.78 is 13.7. The van der Waals surface area contributed by atoms with Crippen LogP contribution in [0, 0.1) is 12.3 Å². The van der Waals surface area contributed by atoms with Crippen LogP contribution >= 0.6 is 0 Å². The Morgan fingerprint density at radius 2 is 1.66 bits per heavy atom.